The second kappa shape index (κ2) is 11.5. The van der Waals surface area contributed by atoms with Crippen molar-refractivity contribution in [2.45, 2.75) is 52.0 Å². The lowest BCUT2D eigenvalue weighted by molar-refractivity contribution is -0.132. The minimum atomic E-state index is -0.0115. The molecule has 6 nitrogen and oxygen atoms in total. The highest BCUT2D eigenvalue weighted by Crippen LogP contribution is 2.15. The number of hydrogen-bond donors (Lipinski definition) is 1. The standard InChI is InChI=1S/C26H32N2O4/c1-3-32-23-10-6-20(7-11-23)18-25(30)27-22-14-16-28(17-15-22)26(31)13-12-24(29)21-8-4-19(2)5-9-21/h4-11,22H,3,12-18H2,1-2H3,(H,27,30). The van der Waals surface area contributed by atoms with Gasteiger partial charge in [0.25, 0.3) is 0 Å². The summed E-state index contributed by atoms with van der Waals surface area (Å²) < 4.78 is 5.42. The first-order valence-electron chi connectivity index (χ1n) is 11.3. The maximum atomic E-state index is 12.5. The topological polar surface area (TPSA) is 75.7 Å². The Morgan fingerprint density at radius 1 is 0.969 bits per heavy atom. The number of likely N-dealkylation sites (tertiary alicyclic amines) is 1. The van der Waals surface area contributed by atoms with E-state index in [9.17, 15) is 14.4 Å². The number of Topliss-reactive ketones (excluding diaryl/α,β-unsaturated/α-hetero) is 1. The highest BCUT2D eigenvalue weighted by atomic mass is 16.5. The number of benzene rings is 2. The molecule has 1 saturated heterocycles. The zero-order chi connectivity index (χ0) is 22.9. The quantitative estimate of drug-likeness (QED) is 0.608. The smallest absolute Gasteiger partial charge is 0.224 e. The van der Waals surface area contributed by atoms with Gasteiger partial charge in [-0.15, -0.1) is 0 Å². The number of nitrogens with zero attached hydrogens (tertiary/aromatic N) is 1. The monoisotopic (exact) mass is 436 g/mol. The van der Waals surface area contributed by atoms with E-state index in [4.69, 9.17) is 4.74 Å². The van der Waals surface area contributed by atoms with Gasteiger partial charge in [0.2, 0.25) is 11.8 Å². The summed E-state index contributed by atoms with van der Waals surface area (Å²) in [7, 11) is 0. The number of hydrogen-bond acceptors (Lipinski definition) is 4. The zero-order valence-electron chi connectivity index (χ0n) is 18.9. The first kappa shape index (κ1) is 23.5. The van der Waals surface area contributed by atoms with Crippen LogP contribution in [-0.2, 0) is 16.0 Å². The van der Waals surface area contributed by atoms with Crippen LogP contribution in [0, 0.1) is 6.92 Å². The normalized spacial score (nSPS) is 14.1. The predicted octanol–water partition coefficient (Wildman–Crippen LogP) is 3.71. The van der Waals surface area contributed by atoms with E-state index in [1.807, 2.05) is 62.4 Å². The molecule has 0 aliphatic carbocycles. The van der Waals surface area contributed by atoms with Crippen molar-refractivity contribution in [3.63, 3.8) is 0 Å². The number of nitrogens with one attached hydrogen (secondary N) is 1. The number of amides is 2. The molecule has 2 aromatic rings. The maximum absolute atomic E-state index is 12.5. The van der Waals surface area contributed by atoms with Gasteiger partial charge in [-0.3, -0.25) is 14.4 Å². The Morgan fingerprint density at radius 3 is 2.25 bits per heavy atom. The lowest BCUT2D eigenvalue weighted by atomic mass is 10.0. The van der Waals surface area contributed by atoms with E-state index in [-0.39, 0.29) is 36.5 Å². The van der Waals surface area contributed by atoms with Gasteiger partial charge in [-0.2, -0.15) is 0 Å². The molecule has 0 atom stereocenters. The molecule has 0 spiro atoms. The molecule has 0 saturated carbocycles. The summed E-state index contributed by atoms with van der Waals surface area (Å²) in [5, 5.41) is 3.08. The van der Waals surface area contributed by atoms with Crippen molar-refractivity contribution in [2.24, 2.45) is 0 Å². The van der Waals surface area contributed by atoms with E-state index in [0.717, 1.165) is 29.7 Å². The number of ketones is 1. The van der Waals surface area contributed by atoms with E-state index in [1.165, 1.54) is 0 Å². The molecule has 1 aliphatic rings. The Bertz CT molecular complexity index is 914. The van der Waals surface area contributed by atoms with Crippen molar-refractivity contribution in [3.8, 4) is 5.75 Å². The van der Waals surface area contributed by atoms with Gasteiger partial charge in [0, 0.05) is 37.5 Å². The van der Waals surface area contributed by atoms with Crippen LogP contribution in [0.4, 0.5) is 0 Å². The molecule has 2 amide bonds. The third-order valence-corrected chi connectivity index (χ3v) is 5.75. The maximum Gasteiger partial charge on any atom is 0.224 e. The van der Waals surface area contributed by atoms with Gasteiger partial charge >= 0.3 is 0 Å². The van der Waals surface area contributed by atoms with Gasteiger partial charge in [0.05, 0.1) is 13.0 Å². The van der Waals surface area contributed by atoms with Crippen molar-refractivity contribution in [1.82, 2.24) is 10.2 Å². The van der Waals surface area contributed by atoms with Crippen LogP contribution in [0.3, 0.4) is 0 Å². The van der Waals surface area contributed by atoms with Crippen molar-refractivity contribution < 1.29 is 19.1 Å². The van der Waals surface area contributed by atoms with Crippen molar-refractivity contribution in [3.05, 3.63) is 65.2 Å². The van der Waals surface area contributed by atoms with Crippen molar-refractivity contribution in [1.29, 1.82) is 0 Å². The van der Waals surface area contributed by atoms with Crippen LogP contribution in [0.15, 0.2) is 48.5 Å². The van der Waals surface area contributed by atoms with Crippen LogP contribution in [0.5, 0.6) is 5.75 Å². The first-order chi connectivity index (χ1) is 15.4. The Hall–Kier alpha value is -3.15. The summed E-state index contributed by atoms with van der Waals surface area (Å²) in [5.41, 5.74) is 2.70. The summed E-state index contributed by atoms with van der Waals surface area (Å²) >= 11 is 0. The number of piperidine rings is 1. The summed E-state index contributed by atoms with van der Waals surface area (Å²) in [6.45, 7) is 5.73. The molecule has 6 heteroatoms. The molecule has 2 aromatic carbocycles. The summed E-state index contributed by atoms with van der Waals surface area (Å²) in [6.07, 6.45) is 2.23. The predicted molar refractivity (Wildman–Crippen MR) is 124 cm³/mol. The molecule has 1 fully saturated rings. The first-order valence-corrected chi connectivity index (χ1v) is 11.3. The second-order valence-electron chi connectivity index (χ2n) is 8.27. The largest absolute Gasteiger partial charge is 0.494 e. The highest BCUT2D eigenvalue weighted by molar-refractivity contribution is 5.98. The molecule has 1 heterocycles. The Morgan fingerprint density at radius 2 is 1.62 bits per heavy atom. The van der Waals surface area contributed by atoms with Crippen LogP contribution in [0.25, 0.3) is 0 Å². The lowest BCUT2D eigenvalue weighted by Gasteiger charge is -2.32. The SMILES string of the molecule is CCOc1ccc(CC(=O)NC2CCN(C(=O)CCC(=O)c3ccc(C)cc3)CC2)cc1. The van der Waals surface area contributed by atoms with Crippen molar-refractivity contribution in [2.75, 3.05) is 19.7 Å². The molecular formula is C26H32N2O4. The van der Waals surface area contributed by atoms with Gasteiger partial charge in [-0.25, -0.2) is 0 Å². The molecule has 170 valence electrons. The Labute approximate surface area is 189 Å². The van der Waals surface area contributed by atoms with Gasteiger partial charge in [0.15, 0.2) is 5.78 Å². The van der Waals surface area contributed by atoms with Crippen LogP contribution < -0.4 is 10.1 Å². The average molecular weight is 437 g/mol. The fourth-order valence-electron chi connectivity index (χ4n) is 3.87. The Balaban J connectivity index is 1.37. The molecular weight excluding hydrogens is 404 g/mol. The molecule has 1 N–H and O–H groups in total. The molecule has 3 rings (SSSR count). The highest BCUT2D eigenvalue weighted by Gasteiger charge is 2.24. The lowest BCUT2D eigenvalue weighted by Crippen LogP contribution is -2.46. The number of rotatable bonds is 9. The van der Waals surface area contributed by atoms with Crippen LogP contribution >= 0.6 is 0 Å². The van der Waals surface area contributed by atoms with Crippen LogP contribution in [0.2, 0.25) is 0 Å². The summed E-state index contributed by atoms with van der Waals surface area (Å²) in [5.74, 6) is 0.788. The third kappa shape index (κ3) is 6.94. The van der Waals surface area contributed by atoms with Gasteiger partial charge < -0.3 is 15.0 Å². The summed E-state index contributed by atoms with van der Waals surface area (Å²) in [6, 6.07) is 15.1. The number of carbonyl (C=O) groups excluding carboxylic acids is 3. The zero-order valence-corrected chi connectivity index (χ0v) is 18.9. The van der Waals surface area contributed by atoms with Crippen molar-refractivity contribution >= 4 is 17.6 Å². The fourth-order valence-corrected chi connectivity index (χ4v) is 3.87. The minimum Gasteiger partial charge on any atom is -0.494 e. The van der Waals surface area contributed by atoms with E-state index >= 15 is 0 Å². The van der Waals surface area contributed by atoms with E-state index < -0.39 is 0 Å². The Kier molecular flexibility index (Phi) is 8.42. The van der Waals surface area contributed by atoms with E-state index in [2.05, 4.69) is 5.32 Å². The second-order valence-corrected chi connectivity index (χ2v) is 8.27. The van der Waals surface area contributed by atoms with Crippen LogP contribution in [0.1, 0.15) is 54.1 Å². The minimum absolute atomic E-state index is 0.00428. The van der Waals surface area contributed by atoms with Crippen LogP contribution in [-0.4, -0.2) is 48.2 Å². The molecule has 0 unspecified atom stereocenters. The number of aryl methyl sites for hydroxylation is 1. The molecule has 32 heavy (non-hydrogen) atoms. The average Bonchev–Trinajstić information content (AvgIpc) is 2.79. The molecule has 0 aromatic heterocycles. The fraction of sp³-hybridized carbons (Fsp3) is 0.423. The third-order valence-electron chi connectivity index (χ3n) is 5.75. The van der Waals surface area contributed by atoms with E-state index in [0.29, 0.717) is 31.7 Å². The van der Waals surface area contributed by atoms with Gasteiger partial charge in [-0.1, -0.05) is 42.0 Å². The summed E-state index contributed by atoms with van der Waals surface area (Å²) in [4.78, 5) is 39.0. The number of ether oxygens (including phenoxy) is 1. The number of carbonyl (C=O) groups is 3. The van der Waals surface area contributed by atoms with E-state index in [1.54, 1.807) is 4.90 Å². The molecule has 0 radical (unpaired) electrons. The van der Waals surface area contributed by atoms with Gasteiger partial charge in [0.1, 0.15) is 5.75 Å². The van der Waals surface area contributed by atoms with Gasteiger partial charge in [-0.05, 0) is 44.4 Å². The molecule has 1 aliphatic heterocycles. The molecule has 0 bridgehead atoms.